The molecule has 2 heterocycles. The van der Waals surface area contributed by atoms with E-state index in [9.17, 15) is 4.79 Å². The van der Waals surface area contributed by atoms with Gasteiger partial charge >= 0.3 is 0 Å². The van der Waals surface area contributed by atoms with Gasteiger partial charge in [-0.2, -0.15) is 10.2 Å². The number of methoxy groups -OCH3 is 1. The molecule has 0 aliphatic carbocycles. The third kappa shape index (κ3) is 4.29. The minimum atomic E-state index is -0.267. The second-order valence-corrected chi connectivity index (χ2v) is 7.68. The highest BCUT2D eigenvalue weighted by molar-refractivity contribution is 6.08. The number of aromatic amines is 1. The number of rotatable bonds is 6. The molecule has 8 heteroatoms. The average Bonchev–Trinajstić information content (AvgIpc) is 3.52. The molecular weight excluding hydrogens is 428 g/mol. The van der Waals surface area contributed by atoms with Crippen molar-refractivity contribution in [2.75, 3.05) is 12.4 Å². The van der Waals surface area contributed by atoms with Gasteiger partial charge in [0.15, 0.2) is 5.82 Å². The van der Waals surface area contributed by atoms with E-state index >= 15 is 0 Å². The van der Waals surface area contributed by atoms with Gasteiger partial charge in [0.2, 0.25) is 0 Å². The summed E-state index contributed by atoms with van der Waals surface area (Å²) < 4.78 is 6.98. The molecule has 5 aromatic rings. The van der Waals surface area contributed by atoms with E-state index in [0.29, 0.717) is 22.8 Å². The Balaban J connectivity index is 1.50. The Bertz CT molecular complexity index is 1440. The monoisotopic (exact) mass is 450 g/mol. The van der Waals surface area contributed by atoms with Gasteiger partial charge in [0, 0.05) is 23.0 Å². The fourth-order valence-corrected chi connectivity index (χ4v) is 3.62. The van der Waals surface area contributed by atoms with E-state index in [1.807, 2.05) is 85.8 Å². The summed E-state index contributed by atoms with van der Waals surface area (Å²) >= 11 is 0. The zero-order valence-electron chi connectivity index (χ0n) is 18.7. The third-order valence-corrected chi connectivity index (χ3v) is 5.32. The van der Waals surface area contributed by atoms with Gasteiger partial charge in [-0.25, -0.2) is 9.67 Å². The summed E-state index contributed by atoms with van der Waals surface area (Å²) in [6, 6.07) is 24.6. The zero-order chi connectivity index (χ0) is 23.5. The minimum absolute atomic E-state index is 0.267. The number of amides is 1. The maximum atomic E-state index is 13.4. The van der Waals surface area contributed by atoms with Crippen molar-refractivity contribution in [1.82, 2.24) is 25.0 Å². The van der Waals surface area contributed by atoms with Gasteiger partial charge in [0.1, 0.15) is 17.3 Å². The Kier molecular flexibility index (Phi) is 5.61. The van der Waals surface area contributed by atoms with Gasteiger partial charge < -0.3 is 10.1 Å². The maximum absolute atomic E-state index is 13.4. The Morgan fingerprint density at radius 2 is 1.76 bits per heavy atom. The summed E-state index contributed by atoms with van der Waals surface area (Å²) in [5, 5.41) is 14.8. The van der Waals surface area contributed by atoms with Crippen LogP contribution in [0.2, 0.25) is 0 Å². The lowest BCUT2D eigenvalue weighted by Gasteiger charge is -2.07. The first-order valence-electron chi connectivity index (χ1n) is 10.7. The summed E-state index contributed by atoms with van der Waals surface area (Å²) in [7, 11) is 1.62. The molecule has 2 N–H and O–H groups in total. The molecule has 0 radical (unpaired) electrons. The van der Waals surface area contributed by atoms with Gasteiger partial charge in [-0.05, 0) is 55.5 Å². The van der Waals surface area contributed by atoms with Crippen LogP contribution in [0.3, 0.4) is 0 Å². The smallest absolute Gasteiger partial charge is 0.259 e. The van der Waals surface area contributed by atoms with E-state index in [4.69, 9.17) is 9.84 Å². The van der Waals surface area contributed by atoms with Crippen molar-refractivity contribution in [2.24, 2.45) is 0 Å². The van der Waals surface area contributed by atoms with Crippen LogP contribution in [-0.2, 0) is 0 Å². The molecule has 0 saturated heterocycles. The number of hydrogen-bond donors (Lipinski definition) is 2. The van der Waals surface area contributed by atoms with Gasteiger partial charge in [-0.3, -0.25) is 9.89 Å². The molecule has 168 valence electrons. The van der Waals surface area contributed by atoms with E-state index in [1.54, 1.807) is 18.0 Å². The summed E-state index contributed by atoms with van der Waals surface area (Å²) in [6.07, 6.45) is 1.74. The third-order valence-electron chi connectivity index (χ3n) is 5.32. The van der Waals surface area contributed by atoms with E-state index in [-0.39, 0.29) is 5.91 Å². The minimum Gasteiger partial charge on any atom is -0.497 e. The fraction of sp³-hybridized carbons (Fsp3) is 0.0769. The van der Waals surface area contributed by atoms with Crippen LogP contribution >= 0.6 is 0 Å². The summed E-state index contributed by atoms with van der Waals surface area (Å²) in [4.78, 5) is 17.8. The number of anilines is 1. The van der Waals surface area contributed by atoms with Crippen LogP contribution in [-0.4, -0.2) is 38.0 Å². The number of benzene rings is 3. The lowest BCUT2D eigenvalue weighted by molar-refractivity contribution is 0.102. The van der Waals surface area contributed by atoms with Crippen LogP contribution in [0.4, 0.5) is 5.69 Å². The van der Waals surface area contributed by atoms with Crippen molar-refractivity contribution in [2.45, 2.75) is 6.92 Å². The standard InChI is InChI=1S/C26H22N6O2/c1-17-27-25(30-29-17)19-7-6-8-20(15-19)28-26(33)23-16-32(21-9-4-3-5-10-21)31-24(23)18-11-13-22(34-2)14-12-18/h3-16H,1-2H3,(H,28,33)(H,27,29,30). The highest BCUT2D eigenvalue weighted by Gasteiger charge is 2.19. The van der Waals surface area contributed by atoms with Crippen molar-refractivity contribution in [1.29, 1.82) is 0 Å². The lowest BCUT2D eigenvalue weighted by atomic mass is 10.1. The topological polar surface area (TPSA) is 97.7 Å². The van der Waals surface area contributed by atoms with Gasteiger partial charge in [0.25, 0.3) is 5.91 Å². The molecule has 5 rings (SSSR count). The molecule has 0 spiro atoms. The number of nitrogens with one attached hydrogen (secondary N) is 2. The van der Waals surface area contributed by atoms with E-state index in [0.717, 1.165) is 28.4 Å². The molecule has 0 aliphatic heterocycles. The molecule has 0 bridgehead atoms. The van der Waals surface area contributed by atoms with Crippen molar-refractivity contribution >= 4 is 11.6 Å². The van der Waals surface area contributed by atoms with Gasteiger partial charge in [-0.15, -0.1) is 0 Å². The van der Waals surface area contributed by atoms with Crippen LogP contribution in [0.5, 0.6) is 5.75 Å². The van der Waals surface area contributed by atoms with Crippen LogP contribution in [0.15, 0.2) is 85.1 Å². The number of nitrogens with zero attached hydrogens (tertiary/aromatic N) is 4. The molecule has 0 aliphatic rings. The summed E-state index contributed by atoms with van der Waals surface area (Å²) in [5.74, 6) is 1.76. The molecule has 0 saturated carbocycles. The zero-order valence-corrected chi connectivity index (χ0v) is 18.7. The van der Waals surface area contributed by atoms with Crippen molar-refractivity contribution < 1.29 is 9.53 Å². The first-order chi connectivity index (χ1) is 16.6. The molecule has 0 unspecified atom stereocenters. The molecule has 2 aromatic heterocycles. The SMILES string of the molecule is COc1ccc(-c2nn(-c3ccccc3)cc2C(=O)Nc2cccc(-c3n[nH]c(C)n3)c2)cc1. The van der Waals surface area contributed by atoms with Crippen molar-refractivity contribution in [3.8, 4) is 34.1 Å². The van der Waals surface area contributed by atoms with Crippen LogP contribution in [0, 0.1) is 6.92 Å². The average molecular weight is 451 g/mol. The second kappa shape index (κ2) is 9.03. The second-order valence-electron chi connectivity index (χ2n) is 7.68. The first kappa shape index (κ1) is 21.1. The Morgan fingerprint density at radius 3 is 2.47 bits per heavy atom. The van der Waals surface area contributed by atoms with E-state index in [1.165, 1.54) is 0 Å². The molecule has 0 atom stereocenters. The first-order valence-corrected chi connectivity index (χ1v) is 10.7. The Hall–Kier alpha value is -4.72. The summed E-state index contributed by atoms with van der Waals surface area (Å²) in [6.45, 7) is 1.84. The molecule has 1 amide bonds. The summed E-state index contributed by atoms with van der Waals surface area (Å²) in [5.41, 5.74) is 4.14. The Morgan fingerprint density at radius 1 is 0.971 bits per heavy atom. The van der Waals surface area contributed by atoms with Gasteiger partial charge in [-0.1, -0.05) is 30.3 Å². The quantitative estimate of drug-likeness (QED) is 0.384. The highest BCUT2D eigenvalue weighted by atomic mass is 16.5. The van der Waals surface area contributed by atoms with Gasteiger partial charge in [0.05, 0.1) is 18.4 Å². The normalized spacial score (nSPS) is 10.8. The number of carbonyl (C=O) groups is 1. The number of aryl methyl sites for hydroxylation is 1. The largest absolute Gasteiger partial charge is 0.497 e. The Labute approximate surface area is 196 Å². The number of para-hydroxylation sites is 1. The molecule has 34 heavy (non-hydrogen) atoms. The number of carbonyl (C=O) groups excluding carboxylic acids is 1. The van der Waals surface area contributed by atoms with Crippen molar-refractivity contribution in [3.63, 3.8) is 0 Å². The van der Waals surface area contributed by atoms with E-state index < -0.39 is 0 Å². The lowest BCUT2D eigenvalue weighted by Crippen LogP contribution is -2.12. The maximum Gasteiger partial charge on any atom is 0.259 e. The van der Waals surface area contributed by atoms with Crippen molar-refractivity contribution in [3.05, 3.63) is 96.4 Å². The fourth-order valence-electron chi connectivity index (χ4n) is 3.62. The molecule has 0 fully saturated rings. The van der Waals surface area contributed by atoms with Crippen LogP contribution < -0.4 is 10.1 Å². The van der Waals surface area contributed by atoms with Crippen LogP contribution in [0.25, 0.3) is 28.3 Å². The molecule has 3 aromatic carbocycles. The number of hydrogen-bond acceptors (Lipinski definition) is 5. The number of ether oxygens (including phenoxy) is 1. The molecular formula is C26H22N6O2. The van der Waals surface area contributed by atoms with E-state index in [2.05, 4.69) is 20.5 Å². The highest BCUT2D eigenvalue weighted by Crippen LogP contribution is 2.27. The van der Waals surface area contributed by atoms with Crippen LogP contribution in [0.1, 0.15) is 16.2 Å². The predicted octanol–water partition coefficient (Wildman–Crippen LogP) is 4.89. The predicted molar refractivity (Wildman–Crippen MR) is 130 cm³/mol. The number of H-pyrrole nitrogens is 1. The molecule has 8 nitrogen and oxygen atoms in total. The number of aromatic nitrogens is 5.